The van der Waals surface area contributed by atoms with Gasteiger partial charge in [0.05, 0.1) is 19.3 Å². The van der Waals surface area contributed by atoms with E-state index in [1.807, 2.05) is 32.9 Å². The first-order valence-corrected chi connectivity index (χ1v) is 8.32. The third kappa shape index (κ3) is 5.25. The highest BCUT2D eigenvalue weighted by molar-refractivity contribution is 9.10. The van der Waals surface area contributed by atoms with Crippen LogP contribution in [0.4, 0.5) is 4.79 Å². The van der Waals surface area contributed by atoms with Crippen LogP contribution in [0.3, 0.4) is 0 Å². The lowest BCUT2D eigenvalue weighted by Crippen LogP contribution is -2.41. The van der Waals surface area contributed by atoms with E-state index in [4.69, 9.17) is 9.47 Å². The molecule has 1 aromatic rings. The first-order chi connectivity index (χ1) is 10.3. The lowest BCUT2D eigenvalue weighted by Gasteiger charge is -2.28. The van der Waals surface area contributed by atoms with Crippen LogP contribution in [0.25, 0.3) is 0 Å². The molecule has 1 aromatic heterocycles. The first kappa shape index (κ1) is 17.2. The second-order valence-corrected chi connectivity index (χ2v) is 7.28. The molecule has 1 saturated heterocycles. The number of likely N-dealkylation sites (tertiary alicyclic amines) is 1. The fourth-order valence-electron chi connectivity index (χ4n) is 2.42. The molecule has 0 aromatic carbocycles. The van der Waals surface area contributed by atoms with Crippen LogP contribution in [0.2, 0.25) is 0 Å². The van der Waals surface area contributed by atoms with Crippen LogP contribution in [0.5, 0.6) is 0 Å². The van der Waals surface area contributed by atoms with Gasteiger partial charge in [0.25, 0.3) is 0 Å². The van der Waals surface area contributed by atoms with Gasteiger partial charge in [-0.1, -0.05) is 0 Å². The Morgan fingerprint density at radius 2 is 2.27 bits per heavy atom. The van der Waals surface area contributed by atoms with Crippen molar-refractivity contribution in [2.75, 3.05) is 13.2 Å². The molecule has 1 aliphatic rings. The van der Waals surface area contributed by atoms with Crippen LogP contribution < -0.4 is 0 Å². The van der Waals surface area contributed by atoms with E-state index in [-0.39, 0.29) is 12.1 Å². The fraction of sp³-hybridized carbons (Fsp3) is 0.625. The minimum Gasteiger partial charge on any atom is -0.444 e. The molecule has 2 heterocycles. The molecule has 6 heteroatoms. The van der Waals surface area contributed by atoms with E-state index in [1.165, 1.54) is 0 Å². The van der Waals surface area contributed by atoms with Crippen molar-refractivity contribution in [1.82, 2.24) is 9.88 Å². The quantitative estimate of drug-likeness (QED) is 0.757. The Bertz CT molecular complexity index is 516. The van der Waals surface area contributed by atoms with E-state index < -0.39 is 5.60 Å². The summed E-state index contributed by atoms with van der Waals surface area (Å²) < 4.78 is 12.0. The van der Waals surface area contributed by atoms with Crippen molar-refractivity contribution in [3.8, 4) is 0 Å². The van der Waals surface area contributed by atoms with Gasteiger partial charge in [-0.15, -0.1) is 0 Å². The molecule has 0 radical (unpaired) electrons. The fourth-order valence-corrected chi connectivity index (χ4v) is 2.83. The third-order valence-corrected chi connectivity index (χ3v) is 3.81. The van der Waals surface area contributed by atoms with Crippen LogP contribution in [-0.2, 0) is 16.1 Å². The Morgan fingerprint density at radius 3 is 2.95 bits per heavy atom. The number of pyridine rings is 1. The molecule has 0 saturated carbocycles. The van der Waals surface area contributed by atoms with Gasteiger partial charge < -0.3 is 14.4 Å². The van der Waals surface area contributed by atoms with Gasteiger partial charge in [-0.05, 0) is 67.2 Å². The van der Waals surface area contributed by atoms with Gasteiger partial charge in [0.2, 0.25) is 0 Å². The van der Waals surface area contributed by atoms with Gasteiger partial charge in [0.15, 0.2) is 0 Å². The maximum absolute atomic E-state index is 12.2. The summed E-state index contributed by atoms with van der Waals surface area (Å²) in [6.45, 7) is 7.43. The van der Waals surface area contributed by atoms with E-state index in [1.54, 1.807) is 11.1 Å². The number of hydrogen-bond donors (Lipinski definition) is 0. The normalized spacial score (nSPS) is 18.5. The predicted molar refractivity (Wildman–Crippen MR) is 87.6 cm³/mol. The van der Waals surface area contributed by atoms with Gasteiger partial charge >= 0.3 is 6.09 Å². The number of amides is 1. The third-order valence-electron chi connectivity index (χ3n) is 3.38. The highest BCUT2D eigenvalue weighted by Crippen LogP contribution is 2.21. The van der Waals surface area contributed by atoms with Gasteiger partial charge in [0.1, 0.15) is 10.2 Å². The summed E-state index contributed by atoms with van der Waals surface area (Å²) in [5.41, 5.74) is 0.595. The number of carbonyl (C=O) groups excluding carboxylic acids is 1. The zero-order valence-electron chi connectivity index (χ0n) is 13.3. The van der Waals surface area contributed by atoms with Crippen molar-refractivity contribution in [1.29, 1.82) is 0 Å². The number of rotatable bonds is 4. The monoisotopic (exact) mass is 370 g/mol. The average Bonchev–Trinajstić information content (AvgIpc) is 2.85. The minimum absolute atomic E-state index is 0.0973. The topological polar surface area (TPSA) is 51.7 Å². The lowest BCUT2D eigenvalue weighted by atomic mass is 10.2. The maximum atomic E-state index is 12.2. The molecular formula is C16H23BrN2O3. The van der Waals surface area contributed by atoms with Crippen molar-refractivity contribution >= 4 is 22.0 Å². The van der Waals surface area contributed by atoms with Crippen molar-refractivity contribution in [3.63, 3.8) is 0 Å². The number of hydrogen-bond acceptors (Lipinski definition) is 4. The summed E-state index contributed by atoms with van der Waals surface area (Å²) in [7, 11) is 0. The molecule has 1 amide bonds. The number of carbonyl (C=O) groups is 1. The summed E-state index contributed by atoms with van der Waals surface area (Å²) in [6.07, 6.45) is 3.45. The molecule has 1 aliphatic heterocycles. The van der Waals surface area contributed by atoms with Gasteiger partial charge in [-0.3, -0.25) is 0 Å². The van der Waals surface area contributed by atoms with E-state index >= 15 is 0 Å². The molecule has 5 nitrogen and oxygen atoms in total. The number of halogens is 1. The Balaban J connectivity index is 1.82. The number of aromatic nitrogens is 1. The highest BCUT2D eigenvalue weighted by Gasteiger charge is 2.32. The van der Waals surface area contributed by atoms with Gasteiger partial charge in [-0.25, -0.2) is 9.78 Å². The molecule has 2 rings (SSSR count). The minimum atomic E-state index is -0.464. The zero-order valence-corrected chi connectivity index (χ0v) is 14.9. The molecule has 0 bridgehead atoms. The van der Waals surface area contributed by atoms with Crippen LogP contribution in [0.1, 0.15) is 39.2 Å². The lowest BCUT2D eigenvalue weighted by molar-refractivity contribution is 0.00882. The molecule has 0 N–H and O–H groups in total. The average molecular weight is 371 g/mol. The summed E-state index contributed by atoms with van der Waals surface area (Å²) in [5.74, 6) is 0. The van der Waals surface area contributed by atoms with E-state index in [0.717, 1.165) is 29.6 Å². The Hall–Kier alpha value is -1.14. The summed E-state index contributed by atoms with van der Waals surface area (Å²) in [5, 5.41) is 0. The number of ether oxygens (including phenoxy) is 2. The Morgan fingerprint density at radius 1 is 1.50 bits per heavy atom. The molecule has 0 aliphatic carbocycles. The molecular weight excluding hydrogens is 348 g/mol. The van der Waals surface area contributed by atoms with E-state index in [2.05, 4.69) is 20.9 Å². The smallest absolute Gasteiger partial charge is 0.410 e. The molecule has 1 atom stereocenters. The van der Waals surface area contributed by atoms with Crippen LogP contribution in [0, 0.1) is 0 Å². The molecule has 122 valence electrons. The molecule has 0 unspecified atom stereocenters. The predicted octanol–water partition coefficient (Wildman–Crippen LogP) is 3.76. The summed E-state index contributed by atoms with van der Waals surface area (Å²) in [6, 6.07) is 3.95. The van der Waals surface area contributed by atoms with Gasteiger partial charge in [0, 0.05) is 12.7 Å². The van der Waals surface area contributed by atoms with Crippen LogP contribution >= 0.6 is 15.9 Å². The van der Waals surface area contributed by atoms with Crippen LogP contribution in [0.15, 0.2) is 22.9 Å². The molecule has 22 heavy (non-hydrogen) atoms. The van der Waals surface area contributed by atoms with Crippen molar-refractivity contribution in [2.24, 2.45) is 0 Å². The maximum Gasteiger partial charge on any atom is 0.410 e. The Kier molecular flexibility index (Phi) is 5.81. The van der Waals surface area contributed by atoms with E-state index in [9.17, 15) is 4.79 Å². The largest absolute Gasteiger partial charge is 0.444 e. The van der Waals surface area contributed by atoms with Crippen molar-refractivity contribution in [3.05, 3.63) is 28.5 Å². The SMILES string of the molecule is CC(C)(C)OC(=O)N1CCC[C@@H]1COCc1ccnc(Br)c1. The summed E-state index contributed by atoms with van der Waals surface area (Å²) >= 11 is 3.34. The molecule has 1 fully saturated rings. The van der Waals surface area contributed by atoms with Crippen molar-refractivity contribution in [2.45, 2.75) is 51.9 Å². The molecule has 0 spiro atoms. The second kappa shape index (κ2) is 7.42. The summed E-state index contributed by atoms with van der Waals surface area (Å²) in [4.78, 5) is 18.1. The van der Waals surface area contributed by atoms with E-state index in [0.29, 0.717) is 13.2 Å². The second-order valence-electron chi connectivity index (χ2n) is 6.47. The first-order valence-electron chi connectivity index (χ1n) is 7.53. The van der Waals surface area contributed by atoms with Crippen molar-refractivity contribution < 1.29 is 14.3 Å². The standard InChI is InChI=1S/C16H23BrN2O3/c1-16(2,3)22-15(20)19-8-4-5-13(19)11-21-10-12-6-7-18-14(17)9-12/h6-7,9,13H,4-5,8,10-11H2,1-3H3/t13-/m1/s1. The number of nitrogens with zero attached hydrogens (tertiary/aromatic N) is 2. The van der Waals surface area contributed by atoms with Gasteiger partial charge in [-0.2, -0.15) is 0 Å². The Labute approximate surface area is 140 Å². The zero-order chi connectivity index (χ0) is 16.2. The van der Waals surface area contributed by atoms with Crippen LogP contribution in [-0.4, -0.2) is 40.8 Å². The highest BCUT2D eigenvalue weighted by atomic mass is 79.9.